The lowest BCUT2D eigenvalue weighted by Gasteiger charge is -2.14. The Morgan fingerprint density at radius 1 is 0.568 bits per heavy atom. The van der Waals surface area contributed by atoms with Crippen LogP contribution < -0.4 is 10.4 Å². The van der Waals surface area contributed by atoms with Crippen LogP contribution >= 0.6 is 0 Å². The van der Waals surface area contributed by atoms with Crippen LogP contribution in [0.1, 0.15) is 22.3 Å². The van der Waals surface area contributed by atoms with E-state index in [-0.39, 0.29) is 66.2 Å². The largest absolute Gasteiger partial charge is 0.237 e. The molecule has 0 radical (unpaired) electrons. The lowest BCUT2D eigenvalue weighted by Crippen LogP contribution is -2.21. The lowest BCUT2D eigenvalue weighted by molar-refractivity contribution is 0.583. The van der Waals surface area contributed by atoms with Crippen molar-refractivity contribution in [2.45, 2.75) is 0 Å². The van der Waals surface area contributed by atoms with Gasteiger partial charge >= 0.3 is 0 Å². The van der Waals surface area contributed by atoms with Crippen LogP contribution in [-0.4, -0.2) is 0 Å². The fraction of sp³-hybridized carbons (Fsp3) is 0. The number of hydrogen-bond acceptors (Lipinski definition) is 3. The second-order valence-corrected chi connectivity index (χ2v) is 9.52. The molecule has 0 bridgehead atoms. The molecule has 0 heterocycles. The molecule has 5 aromatic carbocycles. The molecule has 0 unspecified atom stereocenters. The number of halogens is 4. The van der Waals surface area contributed by atoms with Gasteiger partial charge in [0, 0.05) is 28.5 Å². The van der Waals surface area contributed by atoms with E-state index in [2.05, 4.69) is 10.9 Å². The van der Waals surface area contributed by atoms with Gasteiger partial charge in [-0.15, -0.1) is 0 Å². The van der Waals surface area contributed by atoms with E-state index in [0.717, 1.165) is 24.3 Å². The third kappa shape index (κ3) is 5.53. The Labute approximate surface area is 249 Å². The number of rotatable bonds is 4. The molecule has 0 N–H and O–H groups in total. The van der Waals surface area contributed by atoms with Crippen LogP contribution in [0.4, 0.5) is 17.6 Å². The number of nitriles is 3. The molecule has 0 saturated heterocycles. The molecule has 4 nitrogen and oxygen atoms in total. The Morgan fingerprint density at radius 2 is 1.00 bits per heavy atom. The summed E-state index contributed by atoms with van der Waals surface area (Å²) in [6, 6.07) is 26.9. The van der Waals surface area contributed by atoms with Crippen LogP contribution in [-0.2, 0) is 0 Å². The van der Waals surface area contributed by atoms with E-state index in [0.29, 0.717) is 12.1 Å². The van der Waals surface area contributed by atoms with E-state index in [1.54, 1.807) is 24.3 Å². The number of benzene rings is 5. The van der Waals surface area contributed by atoms with Crippen LogP contribution in [0.5, 0.6) is 0 Å². The van der Waals surface area contributed by atoms with Gasteiger partial charge in [0.05, 0.1) is 29.8 Å². The summed E-state index contributed by atoms with van der Waals surface area (Å²) in [5.41, 5.74) is 0.752. The van der Waals surface area contributed by atoms with Gasteiger partial charge in [-0.3, -0.25) is 0 Å². The predicted octanol–water partition coefficient (Wildman–Crippen LogP) is 7.12. The predicted molar refractivity (Wildman–Crippen MR) is 156 cm³/mol. The Morgan fingerprint density at radius 3 is 1.48 bits per heavy atom. The minimum atomic E-state index is -0.913. The highest BCUT2D eigenvalue weighted by molar-refractivity contribution is 5.87. The molecule has 0 atom stereocenters. The van der Waals surface area contributed by atoms with Crippen LogP contribution in [0.3, 0.4) is 0 Å². The molecule has 0 fully saturated rings. The van der Waals surface area contributed by atoms with Crippen molar-refractivity contribution in [2.75, 3.05) is 0 Å². The zero-order valence-electron chi connectivity index (χ0n) is 22.5. The van der Waals surface area contributed by atoms with Crippen LogP contribution in [0.15, 0.2) is 97.1 Å². The third-order valence-electron chi connectivity index (χ3n) is 6.87. The Kier molecular flexibility index (Phi) is 8.03. The quantitative estimate of drug-likeness (QED) is 0.168. The molecular formula is C36H16F4N4. The average Bonchev–Trinajstić information content (AvgIpc) is 3.01. The fourth-order valence-electron chi connectivity index (χ4n) is 5.02. The smallest absolute Gasteiger partial charge is 0.203 e. The highest BCUT2D eigenvalue weighted by atomic mass is 19.1. The maximum absolute atomic E-state index is 14.6. The highest BCUT2D eigenvalue weighted by Gasteiger charge is 2.18. The van der Waals surface area contributed by atoms with Gasteiger partial charge in [-0.25, -0.2) is 22.4 Å². The van der Waals surface area contributed by atoms with Crippen LogP contribution in [0, 0.1) is 63.8 Å². The zero-order chi connectivity index (χ0) is 31.4. The van der Waals surface area contributed by atoms with Gasteiger partial charge in [-0.05, 0) is 75.5 Å². The number of hydrogen-bond donors (Lipinski definition) is 0. The van der Waals surface area contributed by atoms with Crippen molar-refractivity contribution in [3.8, 4) is 40.5 Å². The van der Waals surface area contributed by atoms with Crippen molar-refractivity contribution in [1.29, 1.82) is 15.8 Å². The van der Waals surface area contributed by atoms with E-state index in [1.807, 2.05) is 12.1 Å². The monoisotopic (exact) mass is 580 g/mol. The molecule has 0 aliphatic heterocycles. The molecule has 8 heteroatoms. The summed E-state index contributed by atoms with van der Waals surface area (Å²) < 4.78 is 58.3. The molecule has 5 rings (SSSR count). The maximum atomic E-state index is 14.6. The molecule has 0 aliphatic carbocycles. The van der Waals surface area contributed by atoms with Crippen LogP contribution in [0.25, 0.3) is 38.4 Å². The minimum absolute atomic E-state index is 0.00262. The van der Waals surface area contributed by atoms with Crippen molar-refractivity contribution in [1.82, 2.24) is 0 Å². The van der Waals surface area contributed by atoms with E-state index >= 15 is 0 Å². The normalized spacial score (nSPS) is 11.8. The number of nitrogens with zero attached hydrogens (tertiary/aromatic N) is 4. The van der Waals surface area contributed by atoms with Crippen molar-refractivity contribution < 1.29 is 17.6 Å². The summed E-state index contributed by atoms with van der Waals surface area (Å²) in [6.45, 7) is 8.07. The molecule has 0 amide bonds. The van der Waals surface area contributed by atoms with Crippen molar-refractivity contribution in [3.63, 3.8) is 0 Å². The highest BCUT2D eigenvalue weighted by Crippen LogP contribution is 2.27. The molecule has 0 aromatic heterocycles. The van der Waals surface area contributed by atoms with Crippen LogP contribution in [0.2, 0.25) is 0 Å². The third-order valence-corrected chi connectivity index (χ3v) is 6.87. The van der Waals surface area contributed by atoms with Gasteiger partial charge in [0.25, 0.3) is 0 Å². The lowest BCUT2D eigenvalue weighted by atomic mass is 9.89. The van der Waals surface area contributed by atoms with Gasteiger partial charge in [-0.2, -0.15) is 15.8 Å². The summed E-state index contributed by atoms with van der Waals surface area (Å²) in [7, 11) is 0. The van der Waals surface area contributed by atoms with E-state index in [4.69, 9.17) is 6.57 Å². The Balaban J connectivity index is 2.12. The molecule has 208 valence electrons. The average molecular weight is 581 g/mol. The Bertz CT molecular complexity index is 2080. The standard InChI is InChI=1S/C36H16F4N4/c1-44-36(30-9-5-3-7-22(30)19-42)34-17-31(23-10-25(37)14-26(38)11-23)33(16-32(34)24-12-27(39)15-28(40)13-24)35(20-43)29-8-4-2-6-21(29)18-41/h2-17H/b35-33+,36-34-. The summed E-state index contributed by atoms with van der Waals surface area (Å²) in [4.78, 5) is 3.68. The molecule has 0 saturated carbocycles. The topological polar surface area (TPSA) is 75.7 Å². The van der Waals surface area contributed by atoms with Crippen molar-refractivity contribution in [3.05, 3.63) is 164 Å². The Hall–Kier alpha value is -6.48. The first kappa shape index (κ1) is 29.0. The van der Waals surface area contributed by atoms with E-state index in [1.165, 1.54) is 36.4 Å². The first-order chi connectivity index (χ1) is 21.3. The summed E-state index contributed by atoms with van der Waals surface area (Å²) >= 11 is 0. The SMILES string of the molecule is [C-]#[N+]/C(c1ccccc1C#N)=c1/cc(-c2cc(F)cc(F)c2)/c(=C(\C#N)c2ccccc2C#N)cc1-c1cc(F)cc(F)c1. The van der Waals surface area contributed by atoms with E-state index in [9.17, 15) is 33.3 Å². The fourth-order valence-corrected chi connectivity index (χ4v) is 5.02. The molecule has 5 aromatic rings. The maximum Gasteiger partial charge on any atom is 0.203 e. The summed E-state index contributed by atoms with van der Waals surface area (Å²) in [5.74, 6) is -3.65. The van der Waals surface area contributed by atoms with Gasteiger partial charge in [-0.1, -0.05) is 42.5 Å². The minimum Gasteiger partial charge on any atom is -0.237 e. The summed E-state index contributed by atoms with van der Waals surface area (Å²) in [5, 5.41) is 30.1. The van der Waals surface area contributed by atoms with Crippen molar-refractivity contribution >= 4 is 11.3 Å². The zero-order valence-corrected chi connectivity index (χ0v) is 22.5. The van der Waals surface area contributed by atoms with Crippen molar-refractivity contribution in [2.24, 2.45) is 0 Å². The summed E-state index contributed by atoms with van der Waals surface area (Å²) in [6.07, 6.45) is 0. The van der Waals surface area contributed by atoms with E-state index < -0.39 is 23.3 Å². The van der Waals surface area contributed by atoms with Gasteiger partial charge in [0.15, 0.2) is 0 Å². The molecular weight excluding hydrogens is 564 g/mol. The second-order valence-electron chi connectivity index (χ2n) is 9.52. The van der Waals surface area contributed by atoms with Gasteiger partial charge in [0.2, 0.25) is 5.70 Å². The first-order valence-electron chi connectivity index (χ1n) is 12.9. The molecule has 44 heavy (non-hydrogen) atoms. The van der Waals surface area contributed by atoms with Gasteiger partial charge < -0.3 is 0 Å². The second kappa shape index (κ2) is 12.2. The van der Waals surface area contributed by atoms with Gasteiger partial charge in [0.1, 0.15) is 29.3 Å². The molecule has 0 spiro atoms. The molecule has 0 aliphatic rings. The first-order valence-corrected chi connectivity index (χ1v) is 12.9.